The van der Waals surface area contributed by atoms with Crippen LogP contribution in [0.1, 0.15) is 48.8 Å². The molecule has 0 bridgehead atoms. The summed E-state index contributed by atoms with van der Waals surface area (Å²) in [6.07, 6.45) is 2.38. The molecule has 0 aliphatic carbocycles. The van der Waals surface area contributed by atoms with Gasteiger partial charge in [-0.05, 0) is 24.5 Å². The Morgan fingerprint density at radius 2 is 2.20 bits per heavy atom. The predicted molar refractivity (Wildman–Crippen MR) is 76.2 cm³/mol. The minimum atomic E-state index is -0.164. The molecule has 108 valence electrons. The number of amides is 1. The summed E-state index contributed by atoms with van der Waals surface area (Å²) in [5.41, 5.74) is 1.63. The van der Waals surface area contributed by atoms with Crippen LogP contribution in [-0.2, 0) is 13.5 Å². The van der Waals surface area contributed by atoms with Crippen molar-refractivity contribution < 1.29 is 4.79 Å². The van der Waals surface area contributed by atoms with E-state index in [1.54, 1.807) is 4.68 Å². The van der Waals surface area contributed by atoms with Gasteiger partial charge in [-0.25, -0.2) is 4.98 Å². The number of carbonyl (C=O) groups is 1. The van der Waals surface area contributed by atoms with Crippen molar-refractivity contribution in [2.75, 3.05) is 0 Å². The summed E-state index contributed by atoms with van der Waals surface area (Å²) >= 11 is 0. The largest absolute Gasteiger partial charge is 0.354 e. The van der Waals surface area contributed by atoms with Gasteiger partial charge in [-0.3, -0.25) is 9.48 Å². The van der Waals surface area contributed by atoms with E-state index in [4.69, 9.17) is 0 Å². The third kappa shape index (κ3) is 2.89. The van der Waals surface area contributed by atoms with Gasteiger partial charge in [0, 0.05) is 12.7 Å². The lowest BCUT2D eigenvalue weighted by Gasteiger charge is -2.21. The van der Waals surface area contributed by atoms with E-state index in [-0.39, 0.29) is 17.9 Å². The van der Waals surface area contributed by atoms with E-state index in [1.807, 2.05) is 40.0 Å². The fourth-order valence-electron chi connectivity index (χ4n) is 2.11. The highest BCUT2D eigenvalue weighted by atomic mass is 16.2. The maximum atomic E-state index is 12.3. The van der Waals surface area contributed by atoms with E-state index >= 15 is 0 Å². The van der Waals surface area contributed by atoms with Crippen molar-refractivity contribution >= 4 is 5.91 Å². The van der Waals surface area contributed by atoms with Crippen LogP contribution >= 0.6 is 0 Å². The number of rotatable bonds is 5. The molecule has 0 spiro atoms. The maximum Gasteiger partial charge on any atom is 0.268 e. The molecular formula is C14H21N5O. The number of nitrogens with zero attached hydrogens (tertiary/aromatic N) is 3. The number of aromatic amines is 1. The lowest BCUT2D eigenvalue weighted by Crippen LogP contribution is -2.33. The van der Waals surface area contributed by atoms with Crippen molar-refractivity contribution in [3.63, 3.8) is 0 Å². The van der Waals surface area contributed by atoms with Gasteiger partial charge in [0.25, 0.3) is 5.91 Å². The molecule has 0 aromatic carbocycles. The number of hydrogen-bond donors (Lipinski definition) is 2. The van der Waals surface area contributed by atoms with E-state index in [0.29, 0.717) is 5.69 Å². The van der Waals surface area contributed by atoms with Gasteiger partial charge >= 0.3 is 0 Å². The normalized spacial score (nSPS) is 12.7. The quantitative estimate of drug-likeness (QED) is 0.874. The number of carbonyl (C=O) groups excluding carboxylic acids is 1. The first-order valence-corrected chi connectivity index (χ1v) is 6.85. The molecule has 0 aliphatic heterocycles. The first-order valence-electron chi connectivity index (χ1n) is 6.85. The molecule has 6 heteroatoms. The number of aryl methyl sites for hydroxylation is 2. The molecule has 1 amide bonds. The van der Waals surface area contributed by atoms with Crippen LogP contribution in [0.4, 0.5) is 0 Å². The zero-order valence-corrected chi connectivity index (χ0v) is 12.3. The van der Waals surface area contributed by atoms with Crippen molar-refractivity contribution in [2.45, 2.75) is 33.2 Å². The van der Waals surface area contributed by atoms with Crippen LogP contribution in [-0.4, -0.2) is 25.7 Å². The standard InChI is InChI=1S/C14H21N5O/c1-5-10-6-7-11(17-10)14(20)18-12(9(2)3)13-15-8-16-19(13)4/h6-9,12,17H,5H2,1-4H3,(H,18,20). The highest BCUT2D eigenvalue weighted by Gasteiger charge is 2.23. The monoisotopic (exact) mass is 275 g/mol. The van der Waals surface area contributed by atoms with Crippen LogP contribution in [0.2, 0.25) is 0 Å². The molecular weight excluding hydrogens is 254 g/mol. The molecule has 2 heterocycles. The fraction of sp³-hybridized carbons (Fsp3) is 0.500. The zero-order valence-electron chi connectivity index (χ0n) is 12.3. The minimum Gasteiger partial charge on any atom is -0.354 e. The Balaban J connectivity index is 2.16. The average molecular weight is 275 g/mol. The second kappa shape index (κ2) is 5.90. The summed E-state index contributed by atoms with van der Waals surface area (Å²) < 4.78 is 1.69. The van der Waals surface area contributed by atoms with E-state index in [1.165, 1.54) is 6.33 Å². The maximum absolute atomic E-state index is 12.3. The Bertz CT molecular complexity index is 584. The van der Waals surface area contributed by atoms with Gasteiger partial charge in [0.1, 0.15) is 17.8 Å². The summed E-state index contributed by atoms with van der Waals surface area (Å²) in [4.78, 5) is 19.6. The molecule has 0 saturated heterocycles. The summed E-state index contributed by atoms with van der Waals surface area (Å²) in [7, 11) is 1.83. The number of hydrogen-bond acceptors (Lipinski definition) is 3. The Hall–Kier alpha value is -2.11. The highest BCUT2D eigenvalue weighted by Crippen LogP contribution is 2.19. The molecule has 2 aromatic heterocycles. The van der Waals surface area contributed by atoms with Crippen LogP contribution in [0.15, 0.2) is 18.5 Å². The first kappa shape index (κ1) is 14.3. The molecule has 2 aromatic rings. The fourth-order valence-corrected chi connectivity index (χ4v) is 2.11. The van der Waals surface area contributed by atoms with Crippen LogP contribution in [0, 0.1) is 5.92 Å². The molecule has 1 unspecified atom stereocenters. The Morgan fingerprint density at radius 1 is 1.45 bits per heavy atom. The summed E-state index contributed by atoms with van der Waals surface area (Å²) in [6.45, 7) is 6.14. The number of H-pyrrole nitrogens is 1. The second-order valence-electron chi connectivity index (χ2n) is 5.19. The van der Waals surface area contributed by atoms with E-state index in [0.717, 1.165) is 17.9 Å². The Labute approximate surface area is 118 Å². The Morgan fingerprint density at radius 3 is 2.70 bits per heavy atom. The topological polar surface area (TPSA) is 75.6 Å². The summed E-state index contributed by atoms with van der Waals surface area (Å²) in [6, 6.07) is 3.58. The summed E-state index contributed by atoms with van der Waals surface area (Å²) in [5.74, 6) is 0.865. The van der Waals surface area contributed by atoms with Crippen molar-refractivity contribution in [1.29, 1.82) is 0 Å². The van der Waals surface area contributed by atoms with Gasteiger partial charge in [0.2, 0.25) is 0 Å². The number of nitrogens with one attached hydrogen (secondary N) is 2. The van der Waals surface area contributed by atoms with Crippen LogP contribution in [0.3, 0.4) is 0 Å². The molecule has 2 N–H and O–H groups in total. The van der Waals surface area contributed by atoms with E-state index < -0.39 is 0 Å². The van der Waals surface area contributed by atoms with Gasteiger partial charge < -0.3 is 10.3 Å². The van der Waals surface area contributed by atoms with Crippen LogP contribution < -0.4 is 5.32 Å². The van der Waals surface area contributed by atoms with Gasteiger partial charge in [-0.1, -0.05) is 20.8 Å². The first-order chi connectivity index (χ1) is 9.52. The predicted octanol–water partition coefficient (Wildman–Crippen LogP) is 1.83. The van der Waals surface area contributed by atoms with E-state index in [2.05, 4.69) is 20.4 Å². The van der Waals surface area contributed by atoms with Crippen LogP contribution in [0.5, 0.6) is 0 Å². The highest BCUT2D eigenvalue weighted by molar-refractivity contribution is 5.92. The molecule has 0 radical (unpaired) electrons. The van der Waals surface area contributed by atoms with Crippen LogP contribution in [0.25, 0.3) is 0 Å². The van der Waals surface area contributed by atoms with Crippen molar-refractivity contribution in [3.05, 3.63) is 35.7 Å². The van der Waals surface area contributed by atoms with Crippen molar-refractivity contribution in [1.82, 2.24) is 25.1 Å². The minimum absolute atomic E-state index is 0.119. The average Bonchev–Trinajstić information content (AvgIpc) is 3.04. The van der Waals surface area contributed by atoms with Gasteiger partial charge in [0.05, 0.1) is 6.04 Å². The van der Waals surface area contributed by atoms with Gasteiger partial charge in [-0.15, -0.1) is 0 Å². The molecule has 1 atom stereocenters. The number of aromatic nitrogens is 4. The van der Waals surface area contributed by atoms with Gasteiger partial charge in [-0.2, -0.15) is 5.10 Å². The molecule has 0 saturated carbocycles. The summed E-state index contributed by atoms with van der Waals surface area (Å²) in [5, 5.41) is 7.08. The molecule has 6 nitrogen and oxygen atoms in total. The zero-order chi connectivity index (χ0) is 14.7. The SMILES string of the molecule is CCc1ccc(C(=O)NC(c2ncnn2C)C(C)C)[nH]1. The van der Waals surface area contributed by atoms with Crippen molar-refractivity contribution in [3.8, 4) is 0 Å². The third-order valence-electron chi connectivity index (χ3n) is 3.35. The third-order valence-corrected chi connectivity index (χ3v) is 3.35. The van der Waals surface area contributed by atoms with Crippen molar-refractivity contribution in [2.24, 2.45) is 13.0 Å². The Kier molecular flexibility index (Phi) is 4.22. The van der Waals surface area contributed by atoms with Gasteiger partial charge in [0.15, 0.2) is 0 Å². The molecule has 0 aliphatic rings. The molecule has 2 rings (SSSR count). The smallest absolute Gasteiger partial charge is 0.268 e. The lowest BCUT2D eigenvalue weighted by molar-refractivity contribution is 0.0917. The lowest BCUT2D eigenvalue weighted by atomic mass is 10.0. The molecule has 20 heavy (non-hydrogen) atoms. The van der Waals surface area contributed by atoms with E-state index in [9.17, 15) is 4.79 Å². The molecule has 0 fully saturated rings. The second-order valence-corrected chi connectivity index (χ2v) is 5.19.